The van der Waals surface area contributed by atoms with Crippen LogP contribution < -0.4 is 4.74 Å². The Morgan fingerprint density at radius 1 is 1.28 bits per heavy atom. The molecule has 1 unspecified atom stereocenters. The summed E-state index contributed by atoms with van der Waals surface area (Å²) in [5, 5.41) is 9.82. The molecule has 0 aliphatic carbocycles. The first-order valence-electron chi connectivity index (χ1n) is 12.7. The van der Waals surface area contributed by atoms with Gasteiger partial charge in [-0.25, -0.2) is 19.2 Å². The molecule has 2 aliphatic heterocycles. The standard InChI is InChI=1S/C28H26ClFN4O4S/c29-20-3-1-19(22(30)12-20)15-38-27-26(39-16-31-27)17-5-8-33(9-6-17)14-25-32-23-4-2-18(28(35)36)11-24(23)34(25)13-21-7-10-37-21/h1-5,11-12,16,21H,6-10,13-15H2,(H,35,36). The number of halogens is 2. The molecule has 202 valence electrons. The SMILES string of the molecule is O=C(O)c1ccc2nc(CN3CC=C(c4scnc4OCc4ccc(Cl)cc4F)CC3)n(CC3CCO3)c2c1. The molecule has 1 fully saturated rings. The average molecular weight is 569 g/mol. The van der Waals surface area contributed by atoms with E-state index in [4.69, 9.17) is 26.1 Å². The minimum Gasteiger partial charge on any atom is -0.478 e. The highest BCUT2D eigenvalue weighted by atomic mass is 35.5. The molecule has 2 aromatic heterocycles. The van der Waals surface area contributed by atoms with Gasteiger partial charge in [-0.1, -0.05) is 23.7 Å². The van der Waals surface area contributed by atoms with Gasteiger partial charge < -0.3 is 19.1 Å². The summed E-state index contributed by atoms with van der Waals surface area (Å²) >= 11 is 7.36. The monoisotopic (exact) mass is 568 g/mol. The number of carboxylic acids is 1. The summed E-state index contributed by atoms with van der Waals surface area (Å²) in [6.07, 6.45) is 4.09. The Morgan fingerprint density at radius 2 is 2.15 bits per heavy atom. The first-order chi connectivity index (χ1) is 18.9. The lowest BCUT2D eigenvalue weighted by molar-refractivity contribution is -0.0591. The number of rotatable bonds is 9. The van der Waals surface area contributed by atoms with E-state index in [0.717, 1.165) is 59.8 Å². The fourth-order valence-electron chi connectivity index (χ4n) is 4.86. The smallest absolute Gasteiger partial charge is 0.335 e. The number of hydrogen-bond donors (Lipinski definition) is 1. The molecule has 6 rings (SSSR count). The van der Waals surface area contributed by atoms with E-state index in [-0.39, 0.29) is 18.3 Å². The lowest BCUT2D eigenvalue weighted by atomic mass is 10.1. The summed E-state index contributed by atoms with van der Waals surface area (Å²) in [5.74, 6) is 0.0441. The zero-order chi connectivity index (χ0) is 26.9. The van der Waals surface area contributed by atoms with Crippen molar-refractivity contribution in [2.24, 2.45) is 0 Å². The molecule has 0 radical (unpaired) electrons. The lowest BCUT2D eigenvalue weighted by Crippen LogP contribution is -2.33. The predicted octanol–water partition coefficient (Wildman–Crippen LogP) is 5.64. The van der Waals surface area contributed by atoms with Gasteiger partial charge in [0, 0.05) is 30.3 Å². The summed E-state index contributed by atoms with van der Waals surface area (Å²) in [5.41, 5.74) is 5.17. The number of aromatic nitrogens is 3. The average Bonchev–Trinajstić information content (AvgIpc) is 3.50. The topological polar surface area (TPSA) is 89.7 Å². The van der Waals surface area contributed by atoms with E-state index < -0.39 is 11.8 Å². The van der Waals surface area contributed by atoms with Crippen LogP contribution in [0.15, 0.2) is 48.0 Å². The number of imidazole rings is 1. The predicted molar refractivity (Wildman–Crippen MR) is 147 cm³/mol. The van der Waals surface area contributed by atoms with Gasteiger partial charge in [0.1, 0.15) is 18.2 Å². The Kier molecular flexibility index (Phi) is 7.35. The maximum Gasteiger partial charge on any atom is 0.335 e. The van der Waals surface area contributed by atoms with Crippen molar-refractivity contribution >= 4 is 45.5 Å². The first-order valence-corrected chi connectivity index (χ1v) is 14.0. The van der Waals surface area contributed by atoms with Crippen molar-refractivity contribution in [3.63, 3.8) is 0 Å². The second-order valence-corrected chi connectivity index (χ2v) is 10.9. The number of thiazole rings is 1. The number of benzene rings is 2. The zero-order valence-corrected chi connectivity index (χ0v) is 22.6. The van der Waals surface area contributed by atoms with Crippen molar-refractivity contribution in [1.29, 1.82) is 0 Å². The molecule has 2 aliphatic rings. The van der Waals surface area contributed by atoms with E-state index in [1.165, 1.54) is 17.4 Å². The molecule has 0 amide bonds. The molecule has 2 aromatic carbocycles. The Hall–Kier alpha value is -3.31. The van der Waals surface area contributed by atoms with E-state index in [1.54, 1.807) is 35.8 Å². The second-order valence-electron chi connectivity index (χ2n) is 9.65. The maximum absolute atomic E-state index is 14.2. The third kappa shape index (κ3) is 5.56. The highest BCUT2D eigenvalue weighted by Gasteiger charge is 2.24. The number of aromatic carboxylic acids is 1. The molecule has 4 aromatic rings. The van der Waals surface area contributed by atoms with Crippen LogP contribution in [0.25, 0.3) is 16.6 Å². The third-order valence-electron chi connectivity index (χ3n) is 7.12. The molecule has 1 N–H and O–H groups in total. The van der Waals surface area contributed by atoms with E-state index in [1.807, 2.05) is 0 Å². The molecule has 0 saturated carbocycles. The van der Waals surface area contributed by atoms with Gasteiger partial charge in [0.2, 0.25) is 5.88 Å². The van der Waals surface area contributed by atoms with Gasteiger partial charge in [-0.05, 0) is 48.7 Å². The fourth-order valence-corrected chi connectivity index (χ4v) is 5.82. The molecule has 1 saturated heterocycles. The Balaban J connectivity index is 1.16. The quantitative estimate of drug-likeness (QED) is 0.279. The Labute approximate surface area is 233 Å². The number of fused-ring (bicyclic) bond motifs is 1. The molecular formula is C28H26ClFN4O4S. The van der Waals surface area contributed by atoms with Crippen LogP contribution in [-0.4, -0.2) is 56.3 Å². The number of carbonyl (C=O) groups is 1. The molecule has 0 bridgehead atoms. The van der Waals surface area contributed by atoms with Crippen molar-refractivity contribution in [2.75, 3.05) is 19.7 Å². The number of carboxylic acid groups (broad SMARTS) is 1. The van der Waals surface area contributed by atoms with Crippen LogP contribution in [0.2, 0.25) is 5.02 Å². The van der Waals surface area contributed by atoms with Gasteiger partial charge in [0.25, 0.3) is 0 Å². The lowest BCUT2D eigenvalue weighted by Gasteiger charge is -2.29. The first kappa shape index (κ1) is 25.9. The van der Waals surface area contributed by atoms with Crippen LogP contribution in [0.1, 0.15) is 39.5 Å². The molecule has 39 heavy (non-hydrogen) atoms. The van der Waals surface area contributed by atoms with Gasteiger partial charge in [0.05, 0.1) is 46.2 Å². The van der Waals surface area contributed by atoms with Crippen molar-refractivity contribution in [2.45, 2.75) is 38.6 Å². The fraction of sp³-hybridized carbons (Fsp3) is 0.321. The second kappa shape index (κ2) is 11.1. The number of hydrogen-bond acceptors (Lipinski definition) is 7. The van der Waals surface area contributed by atoms with Gasteiger partial charge in [0.15, 0.2) is 0 Å². The van der Waals surface area contributed by atoms with Crippen molar-refractivity contribution < 1.29 is 23.8 Å². The molecule has 0 spiro atoms. The number of nitrogens with zero attached hydrogens (tertiary/aromatic N) is 4. The highest BCUT2D eigenvalue weighted by Crippen LogP contribution is 2.34. The van der Waals surface area contributed by atoms with Crippen molar-refractivity contribution in [1.82, 2.24) is 19.4 Å². The summed E-state index contributed by atoms with van der Waals surface area (Å²) in [6, 6.07) is 9.60. The van der Waals surface area contributed by atoms with Crippen molar-refractivity contribution in [3.8, 4) is 5.88 Å². The molecule has 11 heteroatoms. The minimum absolute atomic E-state index is 0.0731. The van der Waals surface area contributed by atoms with Crippen LogP contribution in [0.4, 0.5) is 4.39 Å². The Bertz CT molecular complexity index is 1560. The Morgan fingerprint density at radius 3 is 2.87 bits per heavy atom. The maximum atomic E-state index is 14.2. The van der Waals surface area contributed by atoms with E-state index in [0.29, 0.717) is 29.6 Å². The molecule has 1 atom stereocenters. The van der Waals surface area contributed by atoms with Crippen LogP contribution in [-0.2, 0) is 24.4 Å². The molecule has 8 nitrogen and oxygen atoms in total. The zero-order valence-electron chi connectivity index (χ0n) is 21.0. The molecule has 4 heterocycles. The van der Waals surface area contributed by atoms with Crippen LogP contribution in [0.3, 0.4) is 0 Å². The summed E-state index contributed by atoms with van der Waals surface area (Å²) in [7, 11) is 0. The van der Waals surface area contributed by atoms with E-state index >= 15 is 0 Å². The highest BCUT2D eigenvalue weighted by molar-refractivity contribution is 7.11. The van der Waals surface area contributed by atoms with Gasteiger partial charge in [-0.15, -0.1) is 11.3 Å². The minimum atomic E-state index is -0.954. The summed E-state index contributed by atoms with van der Waals surface area (Å²) in [6.45, 7) is 3.66. The largest absolute Gasteiger partial charge is 0.478 e. The third-order valence-corrected chi connectivity index (χ3v) is 8.24. The van der Waals surface area contributed by atoms with Gasteiger partial charge >= 0.3 is 5.97 Å². The normalized spacial score (nSPS) is 17.7. The number of ether oxygens (including phenoxy) is 2. The van der Waals surface area contributed by atoms with Crippen molar-refractivity contribution in [3.05, 3.63) is 80.7 Å². The summed E-state index contributed by atoms with van der Waals surface area (Å²) in [4.78, 5) is 24.0. The van der Waals surface area contributed by atoms with Crippen LogP contribution in [0.5, 0.6) is 5.88 Å². The van der Waals surface area contributed by atoms with E-state index in [9.17, 15) is 14.3 Å². The van der Waals surface area contributed by atoms with Gasteiger partial charge in [-0.2, -0.15) is 0 Å². The van der Waals surface area contributed by atoms with Gasteiger partial charge in [-0.3, -0.25) is 4.90 Å². The van der Waals surface area contributed by atoms with E-state index in [2.05, 4.69) is 20.5 Å². The van der Waals surface area contributed by atoms with Crippen LogP contribution in [0, 0.1) is 5.82 Å². The summed E-state index contributed by atoms with van der Waals surface area (Å²) < 4.78 is 27.8. The molecular weight excluding hydrogens is 543 g/mol. The van der Waals surface area contributed by atoms with Crippen LogP contribution >= 0.6 is 22.9 Å².